The van der Waals surface area contributed by atoms with Gasteiger partial charge in [-0.25, -0.2) is 9.97 Å². The molecule has 1 saturated heterocycles. The van der Waals surface area contributed by atoms with Gasteiger partial charge in [0.15, 0.2) is 5.82 Å². The molecule has 1 amide bonds. The van der Waals surface area contributed by atoms with E-state index >= 15 is 0 Å². The maximum Gasteiger partial charge on any atom is 0.247 e. The molecule has 0 bridgehead atoms. The highest BCUT2D eigenvalue weighted by molar-refractivity contribution is 5.97. The molecule has 1 aliphatic carbocycles. The molecule has 9 nitrogen and oxygen atoms in total. The molecule has 4 heterocycles. The van der Waals surface area contributed by atoms with E-state index in [9.17, 15) is 9.18 Å². The van der Waals surface area contributed by atoms with Crippen molar-refractivity contribution in [2.45, 2.75) is 57.9 Å². The number of pyridine rings is 1. The third-order valence-corrected chi connectivity index (χ3v) is 6.22. The monoisotopic (exact) mass is 450 g/mol. The van der Waals surface area contributed by atoms with E-state index in [1.807, 2.05) is 11.0 Å². The van der Waals surface area contributed by atoms with E-state index in [1.165, 1.54) is 12.3 Å². The standard InChI is InChI=1S/C23H27FN8O/c1-13(2)17-12-19(31-30-17)28-21-14-6-3-7-15(14)27-23(29-21)32-11-5-9-18(32)22(33)26-16-8-4-10-25-20(16)24/h4,8,10,12-13,18H,3,5-7,9,11H2,1-2H3,(H,26,33)(H2,27,28,29,30,31)/t18-/m1/s1. The Hall–Kier alpha value is -3.56. The number of H-pyrrole nitrogens is 1. The minimum atomic E-state index is -0.699. The van der Waals surface area contributed by atoms with Gasteiger partial charge in [-0.15, -0.1) is 0 Å². The third kappa shape index (κ3) is 4.24. The minimum absolute atomic E-state index is 0.0751. The number of fused-ring (bicyclic) bond motifs is 1. The summed E-state index contributed by atoms with van der Waals surface area (Å²) >= 11 is 0. The zero-order chi connectivity index (χ0) is 22.9. The van der Waals surface area contributed by atoms with Gasteiger partial charge in [0.25, 0.3) is 0 Å². The fraction of sp³-hybridized carbons (Fsp3) is 0.435. The van der Waals surface area contributed by atoms with Crippen molar-refractivity contribution in [1.82, 2.24) is 25.1 Å². The summed E-state index contributed by atoms with van der Waals surface area (Å²) in [5.74, 6) is 1.32. The Balaban J connectivity index is 1.41. The molecule has 1 atom stereocenters. The number of carbonyl (C=O) groups excluding carboxylic acids is 1. The summed E-state index contributed by atoms with van der Waals surface area (Å²) in [5.41, 5.74) is 3.23. The van der Waals surface area contributed by atoms with Crippen molar-refractivity contribution in [3.8, 4) is 0 Å². The molecule has 0 radical (unpaired) electrons. The number of hydrogen-bond acceptors (Lipinski definition) is 7. The first-order valence-corrected chi connectivity index (χ1v) is 11.4. The Morgan fingerprint density at radius 1 is 1.27 bits per heavy atom. The van der Waals surface area contributed by atoms with E-state index < -0.39 is 12.0 Å². The molecule has 1 fully saturated rings. The lowest BCUT2D eigenvalue weighted by Crippen LogP contribution is -2.41. The minimum Gasteiger partial charge on any atom is -0.329 e. The van der Waals surface area contributed by atoms with Gasteiger partial charge >= 0.3 is 0 Å². The Morgan fingerprint density at radius 2 is 2.15 bits per heavy atom. The molecule has 3 aromatic rings. The zero-order valence-electron chi connectivity index (χ0n) is 18.7. The van der Waals surface area contributed by atoms with Gasteiger partial charge < -0.3 is 15.5 Å². The molecule has 0 spiro atoms. The van der Waals surface area contributed by atoms with E-state index in [0.717, 1.165) is 48.5 Å². The molecule has 1 aliphatic heterocycles. The zero-order valence-corrected chi connectivity index (χ0v) is 18.7. The van der Waals surface area contributed by atoms with Gasteiger partial charge in [0.2, 0.25) is 17.8 Å². The molecule has 3 N–H and O–H groups in total. The van der Waals surface area contributed by atoms with Crippen molar-refractivity contribution in [2.75, 3.05) is 22.1 Å². The molecular formula is C23H27FN8O. The topological polar surface area (TPSA) is 112 Å². The number of aromatic nitrogens is 5. The molecule has 0 unspecified atom stereocenters. The van der Waals surface area contributed by atoms with Crippen LogP contribution in [0.4, 0.5) is 27.7 Å². The normalized spacial score (nSPS) is 17.5. The van der Waals surface area contributed by atoms with Crippen LogP contribution in [0.15, 0.2) is 24.4 Å². The third-order valence-electron chi connectivity index (χ3n) is 6.22. The number of aromatic amines is 1. The van der Waals surface area contributed by atoms with Crippen LogP contribution in [0.3, 0.4) is 0 Å². The Morgan fingerprint density at radius 3 is 2.94 bits per heavy atom. The van der Waals surface area contributed by atoms with Gasteiger partial charge in [-0.1, -0.05) is 13.8 Å². The largest absolute Gasteiger partial charge is 0.329 e. The lowest BCUT2D eigenvalue weighted by atomic mass is 10.1. The number of aryl methyl sites for hydroxylation is 1. The van der Waals surface area contributed by atoms with Crippen LogP contribution in [0, 0.1) is 5.95 Å². The van der Waals surface area contributed by atoms with Crippen LogP contribution in [0.5, 0.6) is 0 Å². The second-order valence-electron chi connectivity index (χ2n) is 8.82. The van der Waals surface area contributed by atoms with Crippen LogP contribution in [0.1, 0.15) is 56.0 Å². The average molecular weight is 451 g/mol. The summed E-state index contributed by atoms with van der Waals surface area (Å²) in [6, 6.07) is 4.60. The number of rotatable bonds is 6. The van der Waals surface area contributed by atoms with Gasteiger partial charge in [0.05, 0.1) is 11.4 Å². The van der Waals surface area contributed by atoms with Gasteiger partial charge in [0.1, 0.15) is 11.9 Å². The number of hydrogen-bond donors (Lipinski definition) is 3. The van der Waals surface area contributed by atoms with Crippen molar-refractivity contribution in [1.29, 1.82) is 0 Å². The molecular weight excluding hydrogens is 423 g/mol. The Bertz CT molecular complexity index is 1180. The maximum atomic E-state index is 13.9. The average Bonchev–Trinajstić information content (AvgIpc) is 3.55. The van der Waals surface area contributed by atoms with E-state index in [-0.39, 0.29) is 11.6 Å². The number of anilines is 4. The second-order valence-corrected chi connectivity index (χ2v) is 8.82. The Kier molecular flexibility index (Phi) is 5.65. The van der Waals surface area contributed by atoms with Gasteiger partial charge in [-0.3, -0.25) is 9.89 Å². The molecule has 2 aliphatic rings. The molecule has 33 heavy (non-hydrogen) atoms. The molecule has 10 heteroatoms. The van der Waals surface area contributed by atoms with Gasteiger partial charge in [-0.05, 0) is 50.2 Å². The molecule has 3 aromatic heterocycles. The first-order chi connectivity index (χ1) is 16.0. The highest BCUT2D eigenvalue weighted by Gasteiger charge is 2.34. The lowest BCUT2D eigenvalue weighted by Gasteiger charge is -2.25. The maximum absolute atomic E-state index is 13.9. The van der Waals surface area contributed by atoms with Gasteiger partial charge in [0, 0.05) is 30.1 Å². The lowest BCUT2D eigenvalue weighted by molar-refractivity contribution is -0.117. The first kappa shape index (κ1) is 21.3. The van der Waals surface area contributed by atoms with E-state index in [1.54, 1.807) is 6.07 Å². The SMILES string of the molecule is CC(C)c1cc(Nc2nc(N3CCC[C@@H]3C(=O)Nc3cccnc3F)nc3c2CCC3)n[nH]1. The highest BCUT2D eigenvalue weighted by atomic mass is 19.1. The highest BCUT2D eigenvalue weighted by Crippen LogP contribution is 2.33. The second kappa shape index (κ2) is 8.76. The van der Waals surface area contributed by atoms with Crippen LogP contribution in [0.2, 0.25) is 0 Å². The number of nitrogens with zero attached hydrogens (tertiary/aromatic N) is 5. The summed E-state index contributed by atoms with van der Waals surface area (Å²) in [6.45, 7) is 4.87. The number of carbonyl (C=O) groups is 1. The fourth-order valence-corrected chi connectivity index (χ4v) is 4.44. The van der Waals surface area contributed by atoms with Crippen LogP contribution in [-0.2, 0) is 17.6 Å². The molecule has 0 aromatic carbocycles. The van der Waals surface area contributed by atoms with E-state index in [0.29, 0.717) is 30.6 Å². The van der Waals surface area contributed by atoms with Crippen LogP contribution >= 0.6 is 0 Å². The molecule has 5 rings (SSSR count). The van der Waals surface area contributed by atoms with Crippen molar-refractivity contribution in [2.24, 2.45) is 0 Å². The van der Waals surface area contributed by atoms with Crippen LogP contribution in [0.25, 0.3) is 0 Å². The number of amides is 1. The molecule has 172 valence electrons. The predicted molar refractivity (Wildman–Crippen MR) is 123 cm³/mol. The summed E-state index contributed by atoms with van der Waals surface area (Å²) in [4.78, 5) is 28.1. The number of halogens is 1. The fourth-order valence-electron chi connectivity index (χ4n) is 4.44. The summed E-state index contributed by atoms with van der Waals surface area (Å²) in [5, 5.41) is 13.5. The van der Waals surface area contributed by atoms with Crippen LogP contribution in [-0.4, -0.2) is 43.6 Å². The molecule has 0 saturated carbocycles. The van der Waals surface area contributed by atoms with Crippen LogP contribution < -0.4 is 15.5 Å². The van der Waals surface area contributed by atoms with E-state index in [4.69, 9.17) is 9.97 Å². The first-order valence-electron chi connectivity index (χ1n) is 11.4. The number of nitrogens with one attached hydrogen (secondary N) is 3. The summed E-state index contributed by atoms with van der Waals surface area (Å²) in [6.07, 6.45) is 5.63. The quantitative estimate of drug-likeness (QED) is 0.491. The van der Waals surface area contributed by atoms with Crippen molar-refractivity contribution in [3.63, 3.8) is 0 Å². The Labute approximate surface area is 191 Å². The van der Waals surface area contributed by atoms with E-state index in [2.05, 4.69) is 39.7 Å². The summed E-state index contributed by atoms with van der Waals surface area (Å²) in [7, 11) is 0. The van der Waals surface area contributed by atoms with Gasteiger partial charge in [-0.2, -0.15) is 14.5 Å². The van der Waals surface area contributed by atoms with Crippen molar-refractivity contribution < 1.29 is 9.18 Å². The van der Waals surface area contributed by atoms with Crippen molar-refractivity contribution in [3.05, 3.63) is 47.3 Å². The smallest absolute Gasteiger partial charge is 0.247 e. The van der Waals surface area contributed by atoms with Crippen molar-refractivity contribution >= 4 is 29.2 Å². The summed E-state index contributed by atoms with van der Waals surface area (Å²) < 4.78 is 13.9. The predicted octanol–water partition coefficient (Wildman–Crippen LogP) is 3.70.